The van der Waals surface area contributed by atoms with Crippen molar-refractivity contribution >= 4 is 23.3 Å². The summed E-state index contributed by atoms with van der Waals surface area (Å²) in [5.41, 5.74) is 0.821. The van der Waals surface area contributed by atoms with Crippen molar-refractivity contribution < 1.29 is 24.0 Å². The van der Waals surface area contributed by atoms with Crippen LogP contribution in [0.5, 0.6) is 5.75 Å². The van der Waals surface area contributed by atoms with E-state index in [1.807, 2.05) is 18.2 Å². The third-order valence-corrected chi connectivity index (χ3v) is 4.05. The first-order chi connectivity index (χ1) is 13.4. The fraction of sp³-hybridized carbons (Fsp3) is 0.263. The van der Waals surface area contributed by atoms with Gasteiger partial charge in [-0.25, -0.2) is 4.79 Å². The number of ether oxygens (including phenoxy) is 2. The predicted octanol–water partition coefficient (Wildman–Crippen LogP) is 2.46. The lowest BCUT2D eigenvalue weighted by atomic mass is 10.1. The Morgan fingerprint density at radius 1 is 1.21 bits per heavy atom. The number of esters is 1. The number of benzene rings is 2. The van der Waals surface area contributed by atoms with E-state index in [2.05, 4.69) is 5.32 Å². The van der Waals surface area contributed by atoms with E-state index in [0.29, 0.717) is 5.75 Å². The van der Waals surface area contributed by atoms with Crippen LogP contribution < -0.4 is 10.1 Å². The average molecular weight is 387 g/mol. The molecular formula is C19H21N3O6. The largest absolute Gasteiger partial charge is 0.496 e. The van der Waals surface area contributed by atoms with Crippen LogP contribution in [0, 0.1) is 10.1 Å². The van der Waals surface area contributed by atoms with E-state index in [4.69, 9.17) is 9.47 Å². The number of nitrogens with one attached hydrogen (secondary N) is 1. The first-order valence-corrected chi connectivity index (χ1v) is 8.36. The molecule has 0 aliphatic rings. The zero-order valence-corrected chi connectivity index (χ0v) is 15.8. The number of carbonyl (C=O) groups is 2. The highest BCUT2D eigenvalue weighted by atomic mass is 16.6. The van der Waals surface area contributed by atoms with Crippen molar-refractivity contribution in [2.24, 2.45) is 0 Å². The number of carbonyl (C=O) groups excluding carboxylic acids is 2. The summed E-state index contributed by atoms with van der Waals surface area (Å²) in [5, 5.41) is 13.8. The topological polar surface area (TPSA) is 111 Å². The molecule has 2 rings (SSSR count). The predicted molar refractivity (Wildman–Crippen MR) is 102 cm³/mol. The summed E-state index contributed by atoms with van der Waals surface area (Å²) in [6, 6.07) is 11.2. The van der Waals surface area contributed by atoms with Gasteiger partial charge in [0.05, 0.1) is 17.6 Å². The molecule has 0 saturated heterocycles. The van der Waals surface area contributed by atoms with E-state index in [1.54, 1.807) is 20.2 Å². The zero-order valence-electron chi connectivity index (χ0n) is 15.8. The molecule has 0 aliphatic heterocycles. The first-order valence-electron chi connectivity index (χ1n) is 8.36. The van der Waals surface area contributed by atoms with Crippen LogP contribution >= 0.6 is 0 Å². The lowest BCUT2D eigenvalue weighted by molar-refractivity contribution is -0.384. The third-order valence-electron chi connectivity index (χ3n) is 4.05. The normalized spacial score (nSPS) is 10.1. The smallest absolute Gasteiger partial charge is 0.338 e. The molecular weight excluding hydrogens is 366 g/mol. The van der Waals surface area contributed by atoms with Gasteiger partial charge in [0.1, 0.15) is 11.4 Å². The summed E-state index contributed by atoms with van der Waals surface area (Å²) in [4.78, 5) is 36.3. The molecule has 0 saturated carbocycles. The number of para-hydroxylation sites is 1. The summed E-state index contributed by atoms with van der Waals surface area (Å²) in [6.45, 7) is -0.200. The highest BCUT2D eigenvalue weighted by Gasteiger charge is 2.19. The lowest BCUT2D eigenvalue weighted by Crippen LogP contribution is -2.31. The molecule has 0 atom stereocenters. The van der Waals surface area contributed by atoms with Gasteiger partial charge in [0.15, 0.2) is 6.61 Å². The molecule has 0 aromatic heterocycles. The van der Waals surface area contributed by atoms with Gasteiger partial charge in [-0.05, 0) is 18.2 Å². The number of nitrogens with zero attached hydrogens (tertiary/aromatic N) is 2. The average Bonchev–Trinajstić information content (AvgIpc) is 2.71. The van der Waals surface area contributed by atoms with Gasteiger partial charge in [-0.1, -0.05) is 18.2 Å². The number of likely N-dealkylation sites (N-methyl/N-ethyl adjacent to an activating group) is 1. The second kappa shape index (κ2) is 9.36. The molecule has 0 radical (unpaired) electrons. The quantitative estimate of drug-likeness (QED) is 0.421. The minimum Gasteiger partial charge on any atom is -0.496 e. The SMILES string of the molecule is CNc1ccc(C(=O)OCC(=O)N(C)Cc2ccccc2OC)cc1[N+](=O)[O-]. The number of hydrogen-bond acceptors (Lipinski definition) is 7. The van der Waals surface area contributed by atoms with Crippen LogP contribution in [0.3, 0.4) is 0 Å². The van der Waals surface area contributed by atoms with Crippen molar-refractivity contribution in [3.05, 3.63) is 63.7 Å². The number of nitro benzene ring substituents is 1. The minimum atomic E-state index is -0.815. The Balaban J connectivity index is 1.99. The molecule has 0 aliphatic carbocycles. The van der Waals surface area contributed by atoms with Crippen molar-refractivity contribution in [3.63, 3.8) is 0 Å². The molecule has 2 aromatic rings. The van der Waals surface area contributed by atoms with Gasteiger partial charge in [0.25, 0.3) is 11.6 Å². The van der Waals surface area contributed by atoms with E-state index in [1.165, 1.54) is 24.1 Å². The van der Waals surface area contributed by atoms with Gasteiger partial charge < -0.3 is 19.7 Å². The van der Waals surface area contributed by atoms with Crippen molar-refractivity contribution in [1.82, 2.24) is 4.90 Å². The molecule has 2 aromatic carbocycles. The van der Waals surface area contributed by atoms with Crippen molar-refractivity contribution in [3.8, 4) is 5.75 Å². The van der Waals surface area contributed by atoms with E-state index in [-0.39, 0.29) is 23.5 Å². The second-order valence-corrected chi connectivity index (χ2v) is 5.88. The Morgan fingerprint density at radius 3 is 2.57 bits per heavy atom. The maximum absolute atomic E-state index is 12.2. The fourth-order valence-electron chi connectivity index (χ4n) is 2.52. The zero-order chi connectivity index (χ0) is 20.7. The highest BCUT2D eigenvalue weighted by molar-refractivity contribution is 5.93. The van der Waals surface area contributed by atoms with Crippen LogP contribution in [0.25, 0.3) is 0 Å². The minimum absolute atomic E-state index is 0.00844. The fourth-order valence-corrected chi connectivity index (χ4v) is 2.52. The molecule has 0 spiro atoms. The standard InChI is InChI=1S/C19H21N3O6/c1-20-15-9-8-13(10-16(15)22(25)26)19(24)28-12-18(23)21(2)11-14-6-4-5-7-17(14)27-3/h4-10,20H,11-12H2,1-3H3. The number of methoxy groups -OCH3 is 1. The van der Waals surface area contributed by atoms with Gasteiger partial charge in [0, 0.05) is 32.3 Å². The van der Waals surface area contributed by atoms with Gasteiger partial charge in [-0.2, -0.15) is 0 Å². The van der Waals surface area contributed by atoms with Crippen molar-refractivity contribution in [2.75, 3.05) is 33.1 Å². The Bertz CT molecular complexity index is 884. The van der Waals surface area contributed by atoms with Crippen LogP contribution in [0.2, 0.25) is 0 Å². The Hall–Kier alpha value is -3.62. The molecule has 0 fully saturated rings. The summed E-state index contributed by atoms with van der Waals surface area (Å²) >= 11 is 0. The molecule has 1 amide bonds. The molecule has 0 bridgehead atoms. The van der Waals surface area contributed by atoms with Crippen molar-refractivity contribution in [2.45, 2.75) is 6.54 Å². The van der Waals surface area contributed by atoms with Crippen LogP contribution in [0.4, 0.5) is 11.4 Å². The lowest BCUT2D eigenvalue weighted by Gasteiger charge is -2.18. The monoisotopic (exact) mass is 387 g/mol. The Labute approximate surface area is 162 Å². The molecule has 28 heavy (non-hydrogen) atoms. The number of amides is 1. The second-order valence-electron chi connectivity index (χ2n) is 5.88. The number of rotatable bonds is 8. The summed E-state index contributed by atoms with van der Waals surface area (Å²) in [6.07, 6.45) is 0. The van der Waals surface area contributed by atoms with Gasteiger partial charge >= 0.3 is 5.97 Å². The highest BCUT2D eigenvalue weighted by Crippen LogP contribution is 2.25. The molecule has 148 valence electrons. The summed E-state index contributed by atoms with van der Waals surface area (Å²) in [5.74, 6) is -0.582. The van der Waals surface area contributed by atoms with Crippen LogP contribution in [0.1, 0.15) is 15.9 Å². The van der Waals surface area contributed by atoms with E-state index in [0.717, 1.165) is 11.6 Å². The first kappa shape index (κ1) is 20.7. The maximum Gasteiger partial charge on any atom is 0.338 e. The maximum atomic E-state index is 12.2. The van der Waals surface area contributed by atoms with Crippen LogP contribution in [-0.2, 0) is 16.1 Å². The van der Waals surface area contributed by atoms with E-state index >= 15 is 0 Å². The molecule has 1 N–H and O–H groups in total. The summed E-state index contributed by atoms with van der Waals surface area (Å²) in [7, 11) is 4.66. The number of nitro groups is 1. The number of hydrogen-bond donors (Lipinski definition) is 1. The van der Waals surface area contributed by atoms with Gasteiger partial charge in [0.2, 0.25) is 0 Å². The Morgan fingerprint density at radius 2 is 1.93 bits per heavy atom. The molecule has 9 nitrogen and oxygen atoms in total. The number of anilines is 1. The van der Waals surface area contributed by atoms with E-state index < -0.39 is 23.4 Å². The van der Waals surface area contributed by atoms with E-state index in [9.17, 15) is 19.7 Å². The van der Waals surface area contributed by atoms with Crippen LogP contribution in [0.15, 0.2) is 42.5 Å². The molecule has 0 unspecified atom stereocenters. The molecule has 9 heteroatoms. The van der Waals surface area contributed by atoms with Crippen LogP contribution in [-0.4, -0.2) is 49.5 Å². The summed E-state index contributed by atoms with van der Waals surface area (Å²) < 4.78 is 10.3. The van der Waals surface area contributed by atoms with Crippen molar-refractivity contribution in [1.29, 1.82) is 0 Å². The van der Waals surface area contributed by atoms with Gasteiger partial charge in [-0.15, -0.1) is 0 Å². The third kappa shape index (κ3) is 4.97. The molecule has 0 heterocycles. The van der Waals surface area contributed by atoms with Gasteiger partial charge in [-0.3, -0.25) is 14.9 Å². The Kier molecular flexibility index (Phi) is 6.91.